The van der Waals surface area contributed by atoms with Gasteiger partial charge < -0.3 is 15.5 Å². The molecule has 4 rings (SSSR count). The molecule has 3 nitrogen and oxygen atoms in total. The zero-order valence-corrected chi connectivity index (χ0v) is 10.0. The molecule has 1 heterocycles. The van der Waals surface area contributed by atoms with E-state index in [1.54, 1.807) is 0 Å². The molecule has 1 aliphatic heterocycles. The minimum absolute atomic E-state index is 0.0595. The molecule has 3 heteroatoms. The molecule has 0 bridgehead atoms. The summed E-state index contributed by atoms with van der Waals surface area (Å²) >= 11 is 0. The topological polar surface area (TPSA) is 52.5 Å². The van der Waals surface area contributed by atoms with E-state index in [1.165, 1.54) is 6.07 Å². The van der Waals surface area contributed by atoms with E-state index in [-0.39, 0.29) is 11.5 Å². The highest BCUT2D eigenvalue weighted by Gasteiger charge is 2.15. The molecular weight excluding hydrogens is 238 g/mol. The lowest BCUT2D eigenvalue weighted by atomic mass is 9.94. The van der Waals surface area contributed by atoms with Crippen LogP contribution in [0, 0.1) is 0 Å². The summed E-state index contributed by atoms with van der Waals surface area (Å²) in [6, 6.07) is 11.3. The van der Waals surface area contributed by atoms with Gasteiger partial charge in [-0.25, -0.2) is 0 Å². The molecule has 0 amide bonds. The summed E-state index contributed by atoms with van der Waals surface area (Å²) in [6.45, 7) is 0. The van der Waals surface area contributed by atoms with Gasteiger partial charge in [0, 0.05) is 22.7 Å². The summed E-state index contributed by atoms with van der Waals surface area (Å²) in [6.07, 6.45) is 3.91. The average molecular weight is 249 g/mol. The highest BCUT2D eigenvalue weighted by molar-refractivity contribution is 6.18. The van der Waals surface area contributed by atoms with Crippen molar-refractivity contribution in [1.82, 2.24) is 0 Å². The summed E-state index contributed by atoms with van der Waals surface area (Å²) < 4.78 is 0. The van der Waals surface area contributed by atoms with Gasteiger partial charge in [-0.1, -0.05) is 24.3 Å². The van der Waals surface area contributed by atoms with E-state index in [1.807, 2.05) is 42.6 Å². The standard InChI is InChI=1S/C16H11NO2/c18-13-5-4-10-8-12-14-9(6-7-17-12)2-1-3-11(14)15(10)16(13)19/h1-8,17-19H. The van der Waals surface area contributed by atoms with Gasteiger partial charge in [0.05, 0.1) is 0 Å². The first-order valence-electron chi connectivity index (χ1n) is 6.09. The van der Waals surface area contributed by atoms with Gasteiger partial charge in [0.15, 0.2) is 11.5 Å². The highest BCUT2D eigenvalue weighted by Crippen LogP contribution is 2.43. The maximum atomic E-state index is 10.1. The van der Waals surface area contributed by atoms with E-state index >= 15 is 0 Å². The number of hydrogen-bond acceptors (Lipinski definition) is 3. The van der Waals surface area contributed by atoms with E-state index in [9.17, 15) is 10.2 Å². The van der Waals surface area contributed by atoms with E-state index < -0.39 is 0 Å². The molecule has 0 atom stereocenters. The lowest BCUT2D eigenvalue weighted by Gasteiger charge is -2.17. The number of benzene rings is 3. The molecular formula is C16H11NO2. The quantitative estimate of drug-likeness (QED) is 0.419. The SMILES string of the molecule is Oc1ccc2cc3c4c(cccc4c2c1O)C=CN3. The molecule has 1 aliphatic rings. The normalized spacial score (nSPS) is 12.8. The molecule has 3 aromatic carbocycles. The maximum Gasteiger partial charge on any atom is 0.166 e. The molecule has 0 unspecified atom stereocenters. The molecule has 0 saturated heterocycles. The number of anilines is 1. The number of phenolic OH excluding ortho intramolecular Hbond substituents is 2. The van der Waals surface area contributed by atoms with Gasteiger partial charge in [-0.3, -0.25) is 0 Å². The minimum atomic E-state index is -0.0903. The smallest absolute Gasteiger partial charge is 0.166 e. The van der Waals surface area contributed by atoms with Crippen LogP contribution >= 0.6 is 0 Å². The Labute approximate surface area is 109 Å². The van der Waals surface area contributed by atoms with Crippen LogP contribution < -0.4 is 5.32 Å². The summed E-state index contributed by atoms with van der Waals surface area (Å²) in [4.78, 5) is 0. The molecule has 0 spiro atoms. The summed E-state index contributed by atoms with van der Waals surface area (Å²) in [5, 5.41) is 26.7. The molecule has 19 heavy (non-hydrogen) atoms. The number of hydrogen-bond donors (Lipinski definition) is 3. The van der Waals surface area contributed by atoms with Crippen molar-refractivity contribution in [1.29, 1.82) is 0 Å². The molecule has 3 N–H and O–H groups in total. The van der Waals surface area contributed by atoms with Crippen molar-refractivity contribution in [3.8, 4) is 11.5 Å². The van der Waals surface area contributed by atoms with Crippen molar-refractivity contribution in [2.75, 3.05) is 5.32 Å². The van der Waals surface area contributed by atoms with Gasteiger partial charge >= 0.3 is 0 Å². The van der Waals surface area contributed by atoms with E-state index in [2.05, 4.69) is 5.32 Å². The Morgan fingerprint density at radius 2 is 1.84 bits per heavy atom. The number of fused-ring (bicyclic) bond motifs is 2. The Kier molecular flexibility index (Phi) is 1.85. The second kappa shape index (κ2) is 3.42. The molecule has 92 valence electrons. The number of aromatic hydroxyl groups is 2. The maximum absolute atomic E-state index is 10.1. The van der Waals surface area contributed by atoms with Crippen LogP contribution in [0.2, 0.25) is 0 Å². The predicted molar refractivity (Wildman–Crippen MR) is 77.4 cm³/mol. The van der Waals surface area contributed by atoms with Crippen molar-refractivity contribution in [2.24, 2.45) is 0 Å². The van der Waals surface area contributed by atoms with Crippen molar-refractivity contribution in [3.63, 3.8) is 0 Å². The molecule has 0 aliphatic carbocycles. The van der Waals surface area contributed by atoms with Crippen LogP contribution in [0.1, 0.15) is 5.56 Å². The molecule has 0 fully saturated rings. The van der Waals surface area contributed by atoms with Crippen LogP contribution in [0.5, 0.6) is 11.5 Å². The van der Waals surface area contributed by atoms with Crippen LogP contribution in [-0.4, -0.2) is 10.2 Å². The van der Waals surface area contributed by atoms with E-state index in [0.29, 0.717) is 5.39 Å². The summed E-state index contributed by atoms with van der Waals surface area (Å²) in [5.74, 6) is -0.150. The first-order valence-corrected chi connectivity index (χ1v) is 6.09. The monoisotopic (exact) mass is 249 g/mol. The largest absolute Gasteiger partial charge is 0.504 e. The van der Waals surface area contributed by atoms with Gasteiger partial charge in [0.2, 0.25) is 0 Å². The van der Waals surface area contributed by atoms with Crippen LogP contribution in [-0.2, 0) is 0 Å². The molecule has 0 radical (unpaired) electrons. The van der Waals surface area contributed by atoms with Gasteiger partial charge in [-0.2, -0.15) is 0 Å². The van der Waals surface area contributed by atoms with Crippen molar-refractivity contribution >= 4 is 33.3 Å². The van der Waals surface area contributed by atoms with Crippen LogP contribution in [0.15, 0.2) is 42.6 Å². The first-order chi connectivity index (χ1) is 9.25. The van der Waals surface area contributed by atoms with Crippen molar-refractivity contribution < 1.29 is 10.2 Å². The average Bonchev–Trinajstić information content (AvgIpc) is 2.43. The van der Waals surface area contributed by atoms with Gasteiger partial charge in [0.1, 0.15) is 0 Å². The molecule has 0 aromatic heterocycles. The zero-order chi connectivity index (χ0) is 13.0. The van der Waals surface area contributed by atoms with E-state index in [0.717, 1.165) is 27.4 Å². The number of phenols is 2. The summed E-state index contributed by atoms with van der Waals surface area (Å²) in [5.41, 5.74) is 2.13. The lowest BCUT2D eigenvalue weighted by Crippen LogP contribution is -1.96. The Morgan fingerprint density at radius 3 is 2.74 bits per heavy atom. The van der Waals surface area contributed by atoms with Crippen molar-refractivity contribution in [2.45, 2.75) is 0 Å². The Morgan fingerprint density at radius 1 is 0.947 bits per heavy atom. The van der Waals surface area contributed by atoms with Crippen molar-refractivity contribution in [3.05, 3.63) is 48.2 Å². The minimum Gasteiger partial charge on any atom is -0.504 e. The zero-order valence-electron chi connectivity index (χ0n) is 10.0. The molecule has 0 saturated carbocycles. The Hall–Kier alpha value is -2.68. The van der Waals surface area contributed by atoms with Crippen LogP contribution in [0.3, 0.4) is 0 Å². The van der Waals surface area contributed by atoms with Gasteiger partial charge in [0.25, 0.3) is 0 Å². The molecule has 3 aromatic rings. The van der Waals surface area contributed by atoms with Crippen LogP contribution in [0.4, 0.5) is 5.69 Å². The third-order valence-corrected chi connectivity index (χ3v) is 3.63. The Balaban J connectivity index is 2.34. The second-order valence-electron chi connectivity index (χ2n) is 4.70. The Bertz CT molecular complexity index is 866. The van der Waals surface area contributed by atoms with E-state index in [4.69, 9.17) is 0 Å². The summed E-state index contributed by atoms with van der Waals surface area (Å²) in [7, 11) is 0. The number of nitrogens with one attached hydrogen (secondary N) is 1. The highest BCUT2D eigenvalue weighted by atomic mass is 16.3. The predicted octanol–water partition coefficient (Wildman–Crippen LogP) is 3.80. The van der Waals surface area contributed by atoms with Gasteiger partial charge in [-0.15, -0.1) is 0 Å². The second-order valence-corrected chi connectivity index (χ2v) is 4.70. The van der Waals surface area contributed by atoms with Crippen LogP contribution in [0.25, 0.3) is 27.6 Å². The van der Waals surface area contributed by atoms with Gasteiger partial charge in [-0.05, 0) is 34.5 Å². The fraction of sp³-hybridized carbons (Fsp3) is 0. The fourth-order valence-electron chi connectivity index (χ4n) is 2.78. The third kappa shape index (κ3) is 1.27. The number of rotatable bonds is 0. The third-order valence-electron chi connectivity index (χ3n) is 3.63. The first kappa shape index (κ1) is 10.3. The lowest BCUT2D eigenvalue weighted by molar-refractivity contribution is 0.408. The fourth-order valence-corrected chi connectivity index (χ4v) is 2.78.